The number of anilines is 2. The first-order valence-corrected chi connectivity index (χ1v) is 10.4. The van der Waals surface area contributed by atoms with Gasteiger partial charge in [-0.15, -0.1) is 0 Å². The summed E-state index contributed by atoms with van der Waals surface area (Å²) in [4.78, 5) is 5.51. The number of allylic oxidation sites excluding steroid dienone is 2. The fourth-order valence-corrected chi connectivity index (χ4v) is 3.52. The lowest BCUT2D eigenvalue weighted by Crippen LogP contribution is -2.12. The minimum absolute atomic E-state index is 0.139. The van der Waals surface area contributed by atoms with E-state index in [1.165, 1.54) is 35.4 Å². The van der Waals surface area contributed by atoms with E-state index in [0.29, 0.717) is 17.7 Å². The van der Waals surface area contributed by atoms with Crippen LogP contribution < -0.4 is 4.90 Å². The van der Waals surface area contributed by atoms with Crippen LogP contribution in [0.2, 0.25) is 0 Å². The van der Waals surface area contributed by atoms with Crippen LogP contribution in [0.3, 0.4) is 0 Å². The van der Waals surface area contributed by atoms with Crippen molar-refractivity contribution in [3.63, 3.8) is 0 Å². The summed E-state index contributed by atoms with van der Waals surface area (Å²) in [5, 5.41) is 0. The van der Waals surface area contributed by atoms with Crippen LogP contribution in [-0.4, -0.2) is 13.3 Å². The van der Waals surface area contributed by atoms with Gasteiger partial charge in [0.1, 0.15) is 11.6 Å². The normalized spacial score (nSPS) is 12.3. The van der Waals surface area contributed by atoms with E-state index in [2.05, 4.69) is 11.6 Å². The molecule has 3 aromatic rings. The van der Waals surface area contributed by atoms with E-state index in [-0.39, 0.29) is 5.69 Å². The molecule has 3 aromatic carbocycles. The zero-order valence-corrected chi connectivity index (χ0v) is 18.7. The molecule has 0 fully saturated rings. The van der Waals surface area contributed by atoms with E-state index in [0.717, 1.165) is 34.9 Å². The van der Waals surface area contributed by atoms with Gasteiger partial charge in [-0.25, -0.2) is 8.78 Å². The van der Waals surface area contributed by atoms with Crippen molar-refractivity contribution < 1.29 is 22.0 Å². The maximum atomic E-state index is 14.5. The molecule has 0 amide bonds. The highest BCUT2D eigenvalue weighted by molar-refractivity contribution is 5.86. The van der Waals surface area contributed by atoms with Gasteiger partial charge in [-0.1, -0.05) is 30.8 Å². The number of rotatable bonds is 7. The molecule has 2 nitrogen and oxygen atoms in total. The topological polar surface area (TPSA) is 15.6 Å². The Morgan fingerprint density at radius 1 is 0.971 bits per heavy atom. The number of aryl methyl sites for hydroxylation is 1. The lowest BCUT2D eigenvalue weighted by atomic mass is 9.95. The second-order valence-electron chi connectivity index (χ2n) is 7.62. The molecule has 0 aliphatic heterocycles. The zero-order valence-electron chi connectivity index (χ0n) is 18.7. The summed E-state index contributed by atoms with van der Waals surface area (Å²) in [6.07, 6.45) is 0.773. The zero-order chi connectivity index (χ0) is 24.9. The van der Waals surface area contributed by atoms with Crippen LogP contribution in [0.15, 0.2) is 84.5 Å². The summed E-state index contributed by atoms with van der Waals surface area (Å²) in [5.41, 5.74) is 3.15. The Labute approximate surface area is 195 Å². The molecule has 0 spiro atoms. The second-order valence-corrected chi connectivity index (χ2v) is 7.62. The lowest BCUT2D eigenvalue weighted by Gasteiger charge is -2.24. The third-order valence-electron chi connectivity index (χ3n) is 5.29. The van der Waals surface area contributed by atoms with Crippen molar-refractivity contribution in [2.75, 3.05) is 11.9 Å². The molecular weight excluding hydrogens is 447 g/mol. The van der Waals surface area contributed by atoms with Crippen LogP contribution >= 0.6 is 0 Å². The second kappa shape index (κ2) is 10.5. The van der Waals surface area contributed by atoms with Crippen LogP contribution in [-0.2, 0) is 12.6 Å². The van der Waals surface area contributed by atoms with Gasteiger partial charge in [0.15, 0.2) is 0 Å². The first-order chi connectivity index (χ1) is 16.1. The van der Waals surface area contributed by atoms with Crippen LogP contribution in [0.1, 0.15) is 22.3 Å². The molecule has 0 N–H and O–H groups in total. The molecule has 0 heterocycles. The van der Waals surface area contributed by atoms with Crippen molar-refractivity contribution in [1.82, 2.24) is 0 Å². The van der Waals surface area contributed by atoms with Crippen molar-refractivity contribution in [1.29, 1.82) is 0 Å². The summed E-state index contributed by atoms with van der Waals surface area (Å²) in [5.74, 6) is -1.42. The van der Waals surface area contributed by atoms with E-state index < -0.39 is 23.4 Å². The number of aliphatic imine (C=N–C) groups is 1. The molecule has 0 radical (unpaired) electrons. The summed E-state index contributed by atoms with van der Waals surface area (Å²) in [6, 6.07) is 13.9. The average Bonchev–Trinajstić information content (AvgIpc) is 2.79. The standard InChI is InChI=1S/C27H23F5N2/c1-4-34(25-12-11-23(28)17-24(25)29)26-16-20(8-5-18(26)2)21(13-14-33-3)15-19-6-9-22(10-7-19)27(30,31)32/h4-14,16-17H,1,15H2,2-3H3/b21-13+,33-14-. The van der Waals surface area contributed by atoms with Gasteiger partial charge in [0.05, 0.1) is 11.3 Å². The van der Waals surface area contributed by atoms with Gasteiger partial charge in [0, 0.05) is 31.2 Å². The summed E-state index contributed by atoms with van der Waals surface area (Å²) in [7, 11) is 1.61. The van der Waals surface area contributed by atoms with Crippen LogP contribution in [0.5, 0.6) is 0 Å². The number of hydrogen-bond donors (Lipinski definition) is 0. The Bertz CT molecular complexity index is 1220. The van der Waals surface area contributed by atoms with E-state index >= 15 is 0 Å². The molecule has 176 valence electrons. The van der Waals surface area contributed by atoms with Gasteiger partial charge in [0.2, 0.25) is 0 Å². The van der Waals surface area contributed by atoms with Gasteiger partial charge in [-0.2, -0.15) is 13.2 Å². The maximum Gasteiger partial charge on any atom is 0.416 e. The minimum atomic E-state index is -4.40. The lowest BCUT2D eigenvalue weighted by molar-refractivity contribution is -0.137. The predicted molar refractivity (Wildman–Crippen MR) is 127 cm³/mol. The monoisotopic (exact) mass is 470 g/mol. The molecule has 0 unspecified atom stereocenters. The molecule has 0 aliphatic carbocycles. The molecular formula is C27H23F5N2. The fraction of sp³-hybridized carbons (Fsp3) is 0.148. The van der Waals surface area contributed by atoms with Crippen molar-refractivity contribution in [2.45, 2.75) is 19.5 Å². The van der Waals surface area contributed by atoms with Gasteiger partial charge < -0.3 is 4.90 Å². The molecule has 3 rings (SSSR count). The van der Waals surface area contributed by atoms with Crippen molar-refractivity contribution >= 4 is 23.2 Å². The number of nitrogens with zero attached hydrogens (tertiary/aromatic N) is 2. The highest BCUT2D eigenvalue weighted by atomic mass is 19.4. The Kier molecular flexibility index (Phi) is 7.66. The van der Waals surface area contributed by atoms with E-state index in [1.54, 1.807) is 19.3 Å². The van der Waals surface area contributed by atoms with Crippen LogP contribution in [0, 0.1) is 18.6 Å². The Hall–Kier alpha value is -3.74. The first kappa shape index (κ1) is 24.9. The minimum Gasteiger partial charge on any atom is -0.315 e. The third-order valence-corrected chi connectivity index (χ3v) is 5.29. The molecule has 0 saturated carbocycles. The molecule has 0 saturated heterocycles. The van der Waals surface area contributed by atoms with Gasteiger partial charge in [0.25, 0.3) is 0 Å². The van der Waals surface area contributed by atoms with Crippen molar-refractivity contribution in [3.8, 4) is 0 Å². The average molecular weight is 470 g/mol. The molecule has 0 aromatic heterocycles. The van der Waals surface area contributed by atoms with Crippen LogP contribution in [0.4, 0.5) is 33.3 Å². The van der Waals surface area contributed by atoms with Gasteiger partial charge in [-0.3, -0.25) is 4.99 Å². The highest BCUT2D eigenvalue weighted by Crippen LogP contribution is 2.34. The van der Waals surface area contributed by atoms with Crippen molar-refractivity contribution in [2.24, 2.45) is 4.99 Å². The molecule has 0 atom stereocenters. The summed E-state index contributed by atoms with van der Waals surface area (Å²) < 4.78 is 66.6. The molecule has 7 heteroatoms. The van der Waals surface area contributed by atoms with E-state index in [4.69, 9.17) is 0 Å². The quantitative estimate of drug-likeness (QED) is 0.253. The van der Waals surface area contributed by atoms with E-state index in [1.807, 2.05) is 25.1 Å². The Morgan fingerprint density at radius 3 is 2.26 bits per heavy atom. The molecule has 34 heavy (non-hydrogen) atoms. The summed E-state index contributed by atoms with van der Waals surface area (Å²) in [6.45, 7) is 5.63. The number of hydrogen-bond acceptors (Lipinski definition) is 2. The Morgan fingerprint density at radius 2 is 1.68 bits per heavy atom. The first-order valence-electron chi connectivity index (χ1n) is 10.4. The Balaban J connectivity index is 2.01. The van der Waals surface area contributed by atoms with Gasteiger partial charge >= 0.3 is 6.18 Å². The summed E-state index contributed by atoms with van der Waals surface area (Å²) >= 11 is 0. The van der Waals surface area contributed by atoms with Crippen molar-refractivity contribution in [3.05, 3.63) is 113 Å². The van der Waals surface area contributed by atoms with Gasteiger partial charge in [-0.05, 0) is 72.0 Å². The number of benzene rings is 3. The number of halogens is 5. The molecule has 0 aliphatic rings. The predicted octanol–water partition coefficient (Wildman–Crippen LogP) is 7.90. The SMILES string of the molecule is C=CN(c1cc(/C(=C/C=N\C)Cc2ccc(C(F)(F)F)cc2)ccc1C)c1ccc(F)cc1F. The highest BCUT2D eigenvalue weighted by Gasteiger charge is 2.30. The van der Waals surface area contributed by atoms with E-state index in [9.17, 15) is 22.0 Å². The number of alkyl halides is 3. The smallest absolute Gasteiger partial charge is 0.315 e. The fourth-order valence-electron chi connectivity index (χ4n) is 3.52. The third kappa shape index (κ3) is 5.78. The maximum absolute atomic E-state index is 14.5. The largest absolute Gasteiger partial charge is 0.416 e. The molecule has 0 bridgehead atoms. The van der Waals surface area contributed by atoms with Crippen LogP contribution in [0.25, 0.3) is 5.57 Å².